The van der Waals surface area contributed by atoms with Gasteiger partial charge in [0.1, 0.15) is 0 Å². The van der Waals surface area contributed by atoms with Crippen molar-refractivity contribution < 1.29 is 0 Å². The minimum absolute atomic E-state index is 0.609. The van der Waals surface area contributed by atoms with Crippen molar-refractivity contribution in [2.45, 2.75) is 66.2 Å². The Morgan fingerprint density at radius 2 is 1.54 bits per heavy atom. The van der Waals surface area contributed by atoms with Crippen molar-refractivity contribution >= 4 is 0 Å². The summed E-state index contributed by atoms with van der Waals surface area (Å²) >= 11 is 0. The second-order valence-corrected chi connectivity index (χ2v) is 6.04. The van der Waals surface area contributed by atoms with Gasteiger partial charge in [0.05, 0.1) is 0 Å². The van der Waals surface area contributed by atoms with Crippen LogP contribution in [-0.4, -0.2) is 0 Å². The second-order valence-electron chi connectivity index (χ2n) is 6.04. The Hall–Kier alpha value is 0. The van der Waals surface area contributed by atoms with Crippen molar-refractivity contribution in [1.82, 2.24) is 0 Å². The zero-order valence-electron chi connectivity index (χ0n) is 9.90. The van der Waals surface area contributed by atoms with Gasteiger partial charge in [-0.05, 0) is 36.5 Å². The van der Waals surface area contributed by atoms with E-state index in [0.717, 1.165) is 11.8 Å². The van der Waals surface area contributed by atoms with Crippen molar-refractivity contribution in [2.75, 3.05) is 0 Å². The molecular weight excluding hydrogens is 156 g/mol. The van der Waals surface area contributed by atoms with Crippen LogP contribution in [0.3, 0.4) is 0 Å². The largest absolute Gasteiger partial charge is 0.0625 e. The molecule has 0 heterocycles. The van der Waals surface area contributed by atoms with Crippen LogP contribution in [0, 0.1) is 17.3 Å². The Labute approximate surface area is 84.1 Å². The Balaban J connectivity index is 2.48. The molecule has 0 radical (unpaired) electrons. The maximum Gasteiger partial charge on any atom is -0.0354 e. The van der Waals surface area contributed by atoms with Crippen LogP contribution < -0.4 is 0 Å². The fourth-order valence-electron chi connectivity index (χ4n) is 2.61. The topological polar surface area (TPSA) is 0 Å². The van der Waals surface area contributed by atoms with Crippen LogP contribution >= 0.6 is 0 Å². The molecule has 1 aliphatic rings. The summed E-state index contributed by atoms with van der Waals surface area (Å²) < 4.78 is 0. The predicted molar refractivity (Wildman–Crippen MR) is 59.8 cm³/mol. The highest BCUT2D eigenvalue weighted by molar-refractivity contribution is 4.74. The molecule has 0 nitrogen and oxygen atoms in total. The average Bonchev–Trinajstić information content (AvgIpc) is 2.04. The van der Waals surface area contributed by atoms with E-state index in [4.69, 9.17) is 0 Å². The lowest BCUT2D eigenvalue weighted by Crippen LogP contribution is -2.11. The van der Waals surface area contributed by atoms with Crippen LogP contribution in [0.25, 0.3) is 0 Å². The van der Waals surface area contributed by atoms with Crippen molar-refractivity contribution in [2.24, 2.45) is 17.3 Å². The Morgan fingerprint density at radius 1 is 0.923 bits per heavy atom. The monoisotopic (exact) mass is 182 g/mol. The Bertz CT molecular complexity index is 146. The van der Waals surface area contributed by atoms with E-state index in [2.05, 4.69) is 27.7 Å². The molecule has 2 atom stereocenters. The lowest BCUT2D eigenvalue weighted by atomic mass is 9.82. The molecule has 2 unspecified atom stereocenters. The van der Waals surface area contributed by atoms with Crippen LogP contribution in [0.15, 0.2) is 0 Å². The molecule has 1 fully saturated rings. The van der Waals surface area contributed by atoms with Crippen LogP contribution in [0.2, 0.25) is 0 Å². The first-order valence-electron chi connectivity index (χ1n) is 5.99. The summed E-state index contributed by atoms with van der Waals surface area (Å²) in [5.74, 6) is 1.91. The molecule has 0 spiro atoms. The van der Waals surface area contributed by atoms with Gasteiger partial charge in [-0.3, -0.25) is 0 Å². The van der Waals surface area contributed by atoms with E-state index in [1.165, 1.54) is 38.5 Å². The van der Waals surface area contributed by atoms with E-state index in [9.17, 15) is 0 Å². The van der Waals surface area contributed by atoms with Crippen molar-refractivity contribution in [1.29, 1.82) is 0 Å². The van der Waals surface area contributed by atoms with Gasteiger partial charge in [-0.25, -0.2) is 0 Å². The molecular formula is C13H26. The molecule has 78 valence electrons. The van der Waals surface area contributed by atoms with E-state index >= 15 is 0 Å². The predicted octanol–water partition coefficient (Wildman–Crippen LogP) is 4.64. The fraction of sp³-hybridized carbons (Fsp3) is 1.00. The molecule has 0 heteroatoms. The molecule has 13 heavy (non-hydrogen) atoms. The van der Waals surface area contributed by atoms with Gasteiger partial charge in [-0.1, -0.05) is 47.0 Å². The van der Waals surface area contributed by atoms with E-state index in [1.807, 2.05) is 0 Å². The molecule has 0 aliphatic heterocycles. The summed E-state index contributed by atoms with van der Waals surface area (Å²) in [6.45, 7) is 9.73. The third-order valence-corrected chi connectivity index (χ3v) is 3.67. The van der Waals surface area contributed by atoms with Crippen LogP contribution in [-0.2, 0) is 0 Å². The SMILES string of the molecule is CC1CCCC(C)(C)CCC(C)C1. The lowest BCUT2D eigenvalue weighted by Gasteiger charge is -2.24. The van der Waals surface area contributed by atoms with Crippen molar-refractivity contribution in [3.05, 3.63) is 0 Å². The summed E-state index contributed by atoms with van der Waals surface area (Å²) in [5.41, 5.74) is 0.609. The maximum atomic E-state index is 2.44. The minimum Gasteiger partial charge on any atom is -0.0625 e. The highest BCUT2D eigenvalue weighted by Crippen LogP contribution is 2.35. The van der Waals surface area contributed by atoms with Crippen molar-refractivity contribution in [3.63, 3.8) is 0 Å². The number of hydrogen-bond donors (Lipinski definition) is 0. The third kappa shape index (κ3) is 4.15. The van der Waals surface area contributed by atoms with Gasteiger partial charge < -0.3 is 0 Å². The van der Waals surface area contributed by atoms with Gasteiger partial charge in [0.15, 0.2) is 0 Å². The molecule has 0 bridgehead atoms. The maximum absolute atomic E-state index is 2.44. The summed E-state index contributed by atoms with van der Waals surface area (Å²) in [6, 6.07) is 0. The molecule has 0 aromatic rings. The second kappa shape index (κ2) is 4.48. The van der Waals surface area contributed by atoms with E-state index in [-0.39, 0.29) is 0 Å². The molecule has 0 N–H and O–H groups in total. The first-order chi connectivity index (χ1) is 5.99. The Kier molecular flexibility index (Phi) is 3.82. The number of hydrogen-bond acceptors (Lipinski definition) is 0. The highest BCUT2D eigenvalue weighted by Gasteiger charge is 2.21. The summed E-state index contributed by atoms with van der Waals surface area (Å²) in [7, 11) is 0. The quantitative estimate of drug-likeness (QED) is 0.512. The van der Waals surface area contributed by atoms with Gasteiger partial charge in [0.25, 0.3) is 0 Å². The molecule has 0 saturated heterocycles. The first-order valence-corrected chi connectivity index (χ1v) is 5.99. The molecule has 0 aromatic heterocycles. The molecule has 1 aliphatic carbocycles. The molecule has 1 saturated carbocycles. The average molecular weight is 182 g/mol. The van der Waals surface area contributed by atoms with Gasteiger partial charge in [0, 0.05) is 0 Å². The van der Waals surface area contributed by atoms with E-state index < -0.39 is 0 Å². The van der Waals surface area contributed by atoms with Crippen molar-refractivity contribution in [3.8, 4) is 0 Å². The van der Waals surface area contributed by atoms with Gasteiger partial charge in [0.2, 0.25) is 0 Å². The van der Waals surface area contributed by atoms with Crippen LogP contribution in [0.5, 0.6) is 0 Å². The van der Waals surface area contributed by atoms with Gasteiger partial charge in [-0.15, -0.1) is 0 Å². The van der Waals surface area contributed by atoms with Gasteiger partial charge in [-0.2, -0.15) is 0 Å². The third-order valence-electron chi connectivity index (χ3n) is 3.67. The highest BCUT2D eigenvalue weighted by atomic mass is 14.3. The number of rotatable bonds is 0. The van der Waals surface area contributed by atoms with Crippen LogP contribution in [0.4, 0.5) is 0 Å². The van der Waals surface area contributed by atoms with E-state index in [1.54, 1.807) is 0 Å². The lowest BCUT2D eigenvalue weighted by molar-refractivity contribution is 0.279. The first kappa shape index (κ1) is 11.1. The van der Waals surface area contributed by atoms with Gasteiger partial charge >= 0.3 is 0 Å². The zero-order chi connectivity index (χ0) is 9.90. The molecule has 0 amide bonds. The summed E-state index contributed by atoms with van der Waals surface area (Å²) in [5, 5.41) is 0. The molecule has 0 aromatic carbocycles. The smallest absolute Gasteiger partial charge is 0.0354 e. The normalized spacial score (nSPS) is 36.0. The summed E-state index contributed by atoms with van der Waals surface area (Å²) in [6.07, 6.45) is 8.66. The molecule has 1 rings (SSSR count). The fourth-order valence-corrected chi connectivity index (χ4v) is 2.61. The minimum atomic E-state index is 0.609. The van der Waals surface area contributed by atoms with E-state index in [0.29, 0.717) is 5.41 Å². The zero-order valence-corrected chi connectivity index (χ0v) is 9.90. The Morgan fingerprint density at radius 3 is 2.23 bits per heavy atom. The summed E-state index contributed by atoms with van der Waals surface area (Å²) in [4.78, 5) is 0. The van der Waals surface area contributed by atoms with Crippen LogP contribution in [0.1, 0.15) is 66.2 Å². The standard InChI is InChI=1S/C13H26/c1-11-6-5-8-13(3,4)9-7-12(2)10-11/h11-12H,5-10H2,1-4H3.